The van der Waals surface area contributed by atoms with Crippen molar-refractivity contribution in [2.24, 2.45) is 5.41 Å². The van der Waals surface area contributed by atoms with Gasteiger partial charge in [0, 0.05) is 24.1 Å². The summed E-state index contributed by atoms with van der Waals surface area (Å²) in [6.07, 6.45) is 0. The summed E-state index contributed by atoms with van der Waals surface area (Å²) in [7, 11) is 0. The Hall–Kier alpha value is -1.84. The number of aryl methyl sites for hydroxylation is 1. The van der Waals surface area contributed by atoms with Gasteiger partial charge in [-0.15, -0.1) is 0 Å². The Balaban J connectivity index is 2.62. The van der Waals surface area contributed by atoms with E-state index in [1.165, 1.54) is 0 Å². The number of hydrogen-bond donors (Lipinski definition) is 2. The van der Waals surface area contributed by atoms with Crippen LogP contribution in [0, 0.1) is 12.3 Å². The Bertz CT molecular complexity index is 578. The average molecular weight is 318 g/mol. The molecule has 1 aromatic rings. The van der Waals surface area contributed by atoms with E-state index in [0.717, 1.165) is 11.1 Å². The number of carbonyl (C=O) groups is 2. The molecule has 0 saturated carbocycles. The van der Waals surface area contributed by atoms with Crippen LogP contribution >= 0.6 is 0 Å². The van der Waals surface area contributed by atoms with Gasteiger partial charge in [-0.3, -0.25) is 9.59 Å². The minimum Gasteiger partial charge on any atom is -0.354 e. The predicted octanol–water partition coefficient (Wildman–Crippen LogP) is 3.18. The Morgan fingerprint density at radius 3 is 2.00 bits per heavy atom. The molecule has 0 aromatic heterocycles. The molecule has 4 nitrogen and oxygen atoms in total. The van der Waals surface area contributed by atoms with E-state index >= 15 is 0 Å². The van der Waals surface area contributed by atoms with Crippen LogP contribution in [0.4, 0.5) is 0 Å². The normalized spacial score (nSPS) is 12.0. The highest BCUT2D eigenvalue weighted by molar-refractivity contribution is 5.94. The van der Waals surface area contributed by atoms with Crippen LogP contribution in [0.3, 0.4) is 0 Å². The van der Waals surface area contributed by atoms with Crippen LogP contribution in [0.25, 0.3) is 0 Å². The standard InChI is InChI=1S/C19H30N2O2/c1-13-10-14(12-15(11-13)18(2,3)4)16(22)20-8-9-21-17(23)19(5,6)7/h10-12H,8-9H2,1-7H3,(H,20,22)(H,21,23). The van der Waals surface area contributed by atoms with E-state index in [1.54, 1.807) is 0 Å². The lowest BCUT2D eigenvalue weighted by molar-refractivity contribution is -0.128. The van der Waals surface area contributed by atoms with Gasteiger partial charge in [-0.1, -0.05) is 53.2 Å². The van der Waals surface area contributed by atoms with Crippen molar-refractivity contribution >= 4 is 11.8 Å². The van der Waals surface area contributed by atoms with E-state index in [1.807, 2.05) is 39.8 Å². The molecule has 0 spiro atoms. The monoisotopic (exact) mass is 318 g/mol. The van der Waals surface area contributed by atoms with Crippen molar-refractivity contribution in [2.75, 3.05) is 13.1 Å². The number of amides is 2. The molecule has 0 saturated heterocycles. The van der Waals surface area contributed by atoms with Crippen molar-refractivity contribution in [2.45, 2.75) is 53.9 Å². The van der Waals surface area contributed by atoms with Crippen LogP contribution in [-0.4, -0.2) is 24.9 Å². The lowest BCUT2D eigenvalue weighted by Crippen LogP contribution is -2.39. The Kier molecular flexibility index (Phi) is 5.98. The summed E-state index contributed by atoms with van der Waals surface area (Å²) < 4.78 is 0. The second-order valence-corrected chi connectivity index (χ2v) is 8.10. The van der Waals surface area contributed by atoms with Gasteiger partial charge in [-0.2, -0.15) is 0 Å². The van der Waals surface area contributed by atoms with Crippen molar-refractivity contribution in [3.63, 3.8) is 0 Å². The molecule has 1 aromatic carbocycles. The zero-order valence-electron chi connectivity index (χ0n) is 15.5. The van der Waals surface area contributed by atoms with E-state index in [9.17, 15) is 9.59 Å². The Labute approximate surface area is 140 Å². The molecule has 0 fully saturated rings. The third-order valence-corrected chi connectivity index (χ3v) is 3.58. The van der Waals surface area contributed by atoms with Gasteiger partial charge in [0.25, 0.3) is 5.91 Å². The maximum atomic E-state index is 12.3. The van der Waals surface area contributed by atoms with E-state index in [4.69, 9.17) is 0 Å². The van der Waals surface area contributed by atoms with Gasteiger partial charge in [0.05, 0.1) is 0 Å². The summed E-state index contributed by atoms with van der Waals surface area (Å²) in [4.78, 5) is 24.0. The summed E-state index contributed by atoms with van der Waals surface area (Å²) in [5.41, 5.74) is 2.47. The van der Waals surface area contributed by atoms with Crippen LogP contribution in [0.1, 0.15) is 63.0 Å². The molecular formula is C19H30N2O2. The fourth-order valence-corrected chi connectivity index (χ4v) is 2.07. The van der Waals surface area contributed by atoms with Crippen molar-refractivity contribution in [3.05, 3.63) is 34.9 Å². The van der Waals surface area contributed by atoms with Crippen molar-refractivity contribution in [1.82, 2.24) is 10.6 Å². The van der Waals surface area contributed by atoms with Crippen molar-refractivity contribution in [3.8, 4) is 0 Å². The molecule has 0 bridgehead atoms. The molecule has 0 aliphatic carbocycles. The van der Waals surface area contributed by atoms with E-state index < -0.39 is 5.41 Å². The van der Waals surface area contributed by atoms with Crippen LogP contribution in [-0.2, 0) is 10.2 Å². The number of hydrogen-bond acceptors (Lipinski definition) is 2. The molecule has 0 radical (unpaired) electrons. The molecule has 4 heteroatoms. The van der Waals surface area contributed by atoms with Gasteiger partial charge in [-0.05, 0) is 30.0 Å². The molecule has 2 amide bonds. The van der Waals surface area contributed by atoms with Crippen LogP contribution in [0.5, 0.6) is 0 Å². The first-order valence-corrected chi connectivity index (χ1v) is 8.10. The fourth-order valence-electron chi connectivity index (χ4n) is 2.07. The summed E-state index contributed by atoms with van der Waals surface area (Å²) in [5.74, 6) is -0.124. The van der Waals surface area contributed by atoms with Gasteiger partial charge >= 0.3 is 0 Å². The largest absolute Gasteiger partial charge is 0.354 e. The highest BCUT2D eigenvalue weighted by atomic mass is 16.2. The average Bonchev–Trinajstić information content (AvgIpc) is 2.40. The van der Waals surface area contributed by atoms with Gasteiger partial charge in [-0.25, -0.2) is 0 Å². The molecule has 0 aliphatic rings. The zero-order valence-corrected chi connectivity index (χ0v) is 15.5. The molecule has 23 heavy (non-hydrogen) atoms. The molecule has 0 atom stereocenters. The number of carbonyl (C=O) groups excluding carboxylic acids is 2. The molecule has 0 unspecified atom stereocenters. The highest BCUT2D eigenvalue weighted by Gasteiger charge is 2.20. The first-order valence-electron chi connectivity index (χ1n) is 8.10. The van der Waals surface area contributed by atoms with Gasteiger partial charge < -0.3 is 10.6 Å². The highest BCUT2D eigenvalue weighted by Crippen LogP contribution is 2.24. The van der Waals surface area contributed by atoms with Crippen LogP contribution in [0.2, 0.25) is 0 Å². The lowest BCUT2D eigenvalue weighted by atomic mass is 9.85. The molecule has 1 rings (SSSR count). The first-order chi connectivity index (χ1) is 10.4. The number of benzene rings is 1. The molecule has 128 valence electrons. The van der Waals surface area contributed by atoms with Gasteiger partial charge in [0.1, 0.15) is 0 Å². The third-order valence-electron chi connectivity index (χ3n) is 3.58. The van der Waals surface area contributed by atoms with E-state index in [-0.39, 0.29) is 17.2 Å². The second-order valence-electron chi connectivity index (χ2n) is 8.10. The minimum absolute atomic E-state index is 0.00172. The third kappa shape index (κ3) is 6.05. The quantitative estimate of drug-likeness (QED) is 0.838. The summed E-state index contributed by atoms with van der Waals surface area (Å²) >= 11 is 0. The maximum Gasteiger partial charge on any atom is 0.251 e. The predicted molar refractivity (Wildman–Crippen MR) is 94.7 cm³/mol. The smallest absolute Gasteiger partial charge is 0.251 e. The SMILES string of the molecule is Cc1cc(C(=O)NCCNC(=O)C(C)(C)C)cc(C(C)(C)C)c1. The maximum absolute atomic E-state index is 12.3. The summed E-state index contributed by atoms with van der Waals surface area (Å²) in [5, 5.41) is 5.68. The number of nitrogens with one attached hydrogen (secondary N) is 2. The lowest BCUT2D eigenvalue weighted by Gasteiger charge is -2.21. The Morgan fingerprint density at radius 1 is 0.913 bits per heavy atom. The minimum atomic E-state index is -0.415. The van der Waals surface area contributed by atoms with Gasteiger partial charge in [0.2, 0.25) is 5.91 Å². The molecular weight excluding hydrogens is 288 g/mol. The van der Waals surface area contributed by atoms with Crippen molar-refractivity contribution < 1.29 is 9.59 Å². The second kappa shape index (κ2) is 7.16. The molecule has 2 N–H and O–H groups in total. The molecule has 0 aliphatic heterocycles. The first kappa shape index (κ1) is 19.2. The van der Waals surface area contributed by atoms with E-state index in [0.29, 0.717) is 18.7 Å². The van der Waals surface area contributed by atoms with Crippen LogP contribution in [0.15, 0.2) is 18.2 Å². The zero-order chi connectivity index (χ0) is 17.8. The topological polar surface area (TPSA) is 58.2 Å². The van der Waals surface area contributed by atoms with Gasteiger partial charge in [0.15, 0.2) is 0 Å². The molecule has 0 heterocycles. The number of rotatable bonds is 4. The summed E-state index contributed by atoms with van der Waals surface area (Å²) in [6, 6.07) is 5.94. The fraction of sp³-hybridized carbons (Fsp3) is 0.579. The van der Waals surface area contributed by atoms with E-state index in [2.05, 4.69) is 37.5 Å². The summed E-state index contributed by atoms with van der Waals surface area (Å²) in [6.45, 7) is 14.8. The van der Waals surface area contributed by atoms with Crippen LogP contribution < -0.4 is 10.6 Å². The Morgan fingerprint density at radius 2 is 1.48 bits per heavy atom. The van der Waals surface area contributed by atoms with Crippen molar-refractivity contribution in [1.29, 1.82) is 0 Å².